The van der Waals surface area contributed by atoms with Crippen molar-refractivity contribution >= 4 is 33.5 Å². The van der Waals surface area contributed by atoms with Crippen LogP contribution >= 0.6 is 15.9 Å². The summed E-state index contributed by atoms with van der Waals surface area (Å²) in [6, 6.07) is 7.40. The van der Waals surface area contributed by atoms with Gasteiger partial charge in [-0.05, 0) is 52.3 Å². The molecule has 21 heavy (non-hydrogen) atoms. The molecule has 0 bridgehead atoms. The average molecular weight is 354 g/mol. The number of amides is 1. The van der Waals surface area contributed by atoms with Crippen molar-refractivity contribution in [2.24, 2.45) is 0 Å². The van der Waals surface area contributed by atoms with Gasteiger partial charge in [0.1, 0.15) is 17.1 Å². The number of phenols is 1. The lowest BCUT2D eigenvalue weighted by molar-refractivity contribution is 0.0693. The Balaban J connectivity index is 2.25. The lowest BCUT2D eigenvalue weighted by atomic mass is 10.1. The Labute approximate surface area is 127 Å². The first-order valence-electron chi connectivity index (χ1n) is 5.71. The zero-order chi connectivity index (χ0) is 15.6. The number of aromatic carboxylic acids is 1. The lowest BCUT2D eigenvalue weighted by Gasteiger charge is -2.08. The summed E-state index contributed by atoms with van der Waals surface area (Å²) in [6.45, 7) is 0. The summed E-state index contributed by atoms with van der Waals surface area (Å²) >= 11 is 2.97. The maximum atomic E-state index is 13.1. The van der Waals surface area contributed by atoms with Crippen molar-refractivity contribution < 1.29 is 24.2 Å². The van der Waals surface area contributed by atoms with Crippen molar-refractivity contribution in [3.8, 4) is 5.75 Å². The van der Waals surface area contributed by atoms with E-state index in [-0.39, 0.29) is 21.3 Å². The first-order chi connectivity index (χ1) is 9.88. The van der Waals surface area contributed by atoms with Crippen LogP contribution in [0.15, 0.2) is 40.9 Å². The molecule has 2 rings (SSSR count). The predicted octanol–water partition coefficient (Wildman–Crippen LogP) is 3.24. The van der Waals surface area contributed by atoms with Crippen LogP contribution in [0, 0.1) is 5.82 Å². The van der Waals surface area contributed by atoms with Crippen molar-refractivity contribution in [1.29, 1.82) is 0 Å². The predicted molar refractivity (Wildman–Crippen MR) is 77.1 cm³/mol. The molecule has 3 N–H and O–H groups in total. The molecule has 0 aliphatic heterocycles. The highest BCUT2D eigenvalue weighted by atomic mass is 79.9. The fourth-order valence-electron chi connectivity index (χ4n) is 1.63. The van der Waals surface area contributed by atoms with Crippen molar-refractivity contribution in [2.45, 2.75) is 0 Å². The normalized spacial score (nSPS) is 10.2. The second kappa shape index (κ2) is 5.92. The number of benzene rings is 2. The number of halogens is 2. The highest BCUT2D eigenvalue weighted by Gasteiger charge is 2.13. The highest BCUT2D eigenvalue weighted by Crippen LogP contribution is 2.22. The van der Waals surface area contributed by atoms with Crippen LogP contribution in [0.25, 0.3) is 0 Å². The Bertz CT molecular complexity index is 733. The van der Waals surface area contributed by atoms with Gasteiger partial charge < -0.3 is 15.5 Å². The van der Waals surface area contributed by atoms with E-state index in [9.17, 15) is 19.1 Å². The van der Waals surface area contributed by atoms with Crippen LogP contribution in [-0.4, -0.2) is 22.1 Å². The number of rotatable bonds is 3. The lowest BCUT2D eigenvalue weighted by Crippen LogP contribution is -2.12. The second-order valence-corrected chi connectivity index (χ2v) is 4.97. The Hall–Kier alpha value is -2.41. The van der Waals surface area contributed by atoms with E-state index in [1.807, 2.05) is 0 Å². The molecule has 0 heterocycles. The summed E-state index contributed by atoms with van der Waals surface area (Å²) in [5.41, 5.74) is 0.0805. The highest BCUT2D eigenvalue weighted by molar-refractivity contribution is 9.10. The Morgan fingerprint density at radius 2 is 1.86 bits per heavy atom. The van der Waals surface area contributed by atoms with Gasteiger partial charge in [0.25, 0.3) is 5.91 Å². The molecule has 7 heteroatoms. The number of anilines is 1. The maximum absolute atomic E-state index is 13.1. The smallest absolute Gasteiger partial charge is 0.339 e. The minimum atomic E-state index is -1.31. The fraction of sp³-hybridized carbons (Fsp3) is 0. The molecule has 0 atom stereocenters. The van der Waals surface area contributed by atoms with E-state index in [0.29, 0.717) is 0 Å². The van der Waals surface area contributed by atoms with Crippen molar-refractivity contribution in [2.75, 3.05) is 5.32 Å². The Kier molecular flexibility index (Phi) is 4.23. The maximum Gasteiger partial charge on any atom is 0.339 e. The Morgan fingerprint density at radius 1 is 1.14 bits per heavy atom. The molecule has 0 saturated heterocycles. The SMILES string of the molecule is O=C(Nc1ccc(O)c(C(=O)O)c1)c1ccc(F)c(Br)c1. The number of carboxylic acids is 1. The standard InChI is InChI=1S/C14H9BrFNO4/c15-10-5-7(1-3-11(10)16)13(19)17-8-2-4-12(18)9(6-8)14(20)21/h1-6,18H,(H,17,19)(H,20,21). The number of hydrogen-bond donors (Lipinski definition) is 3. The summed E-state index contributed by atoms with van der Waals surface area (Å²) in [4.78, 5) is 22.9. The zero-order valence-electron chi connectivity index (χ0n) is 10.4. The summed E-state index contributed by atoms with van der Waals surface area (Å²) in [6.07, 6.45) is 0. The van der Waals surface area contributed by atoms with Crippen LogP contribution in [0.4, 0.5) is 10.1 Å². The van der Waals surface area contributed by atoms with Gasteiger partial charge in [0.2, 0.25) is 0 Å². The van der Waals surface area contributed by atoms with E-state index in [1.165, 1.54) is 24.3 Å². The summed E-state index contributed by atoms with van der Waals surface area (Å²) in [5, 5.41) is 20.7. The van der Waals surface area contributed by atoms with Crippen LogP contribution in [-0.2, 0) is 0 Å². The molecule has 0 fully saturated rings. The van der Waals surface area contributed by atoms with Crippen molar-refractivity contribution in [3.63, 3.8) is 0 Å². The number of aromatic hydroxyl groups is 1. The molecule has 0 saturated carbocycles. The first-order valence-corrected chi connectivity index (χ1v) is 6.50. The molecule has 0 aliphatic carbocycles. The monoisotopic (exact) mass is 353 g/mol. The summed E-state index contributed by atoms with van der Waals surface area (Å²) in [7, 11) is 0. The molecule has 0 aliphatic rings. The van der Waals surface area contributed by atoms with E-state index in [1.54, 1.807) is 0 Å². The molecule has 2 aromatic rings. The first kappa shape index (κ1) is 15.0. The van der Waals surface area contributed by atoms with Gasteiger partial charge in [-0.25, -0.2) is 9.18 Å². The summed E-state index contributed by atoms with van der Waals surface area (Å²) in [5.74, 6) is -2.74. The van der Waals surface area contributed by atoms with E-state index in [2.05, 4.69) is 21.2 Å². The number of carbonyl (C=O) groups excluding carboxylic acids is 1. The quantitative estimate of drug-likeness (QED) is 0.739. The molecule has 5 nitrogen and oxygen atoms in total. The topological polar surface area (TPSA) is 86.6 Å². The van der Waals surface area contributed by atoms with Crippen molar-refractivity contribution in [3.05, 3.63) is 57.8 Å². The van der Waals surface area contributed by atoms with Gasteiger partial charge in [-0.2, -0.15) is 0 Å². The van der Waals surface area contributed by atoms with Gasteiger partial charge in [-0.3, -0.25) is 4.79 Å². The molecule has 1 amide bonds. The van der Waals surface area contributed by atoms with Crippen LogP contribution in [0.5, 0.6) is 5.75 Å². The zero-order valence-corrected chi connectivity index (χ0v) is 12.0. The number of carbonyl (C=O) groups is 2. The third-order valence-corrected chi connectivity index (χ3v) is 3.27. The van der Waals surface area contributed by atoms with Gasteiger partial charge in [-0.1, -0.05) is 0 Å². The van der Waals surface area contributed by atoms with Crippen molar-refractivity contribution in [1.82, 2.24) is 0 Å². The number of carboxylic acid groups (broad SMARTS) is 1. The summed E-state index contributed by atoms with van der Waals surface area (Å²) < 4.78 is 13.2. The van der Waals surface area contributed by atoms with E-state index >= 15 is 0 Å². The van der Waals surface area contributed by atoms with Crippen LogP contribution in [0.2, 0.25) is 0 Å². The van der Waals surface area contributed by atoms with E-state index < -0.39 is 23.4 Å². The van der Waals surface area contributed by atoms with Gasteiger partial charge >= 0.3 is 5.97 Å². The molecular formula is C14H9BrFNO4. The molecule has 0 aromatic heterocycles. The van der Waals surface area contributed by atoms with Crippen LogP contribution in [0.3, 0.4) is 0 Å². The molecule has 0 spiro atoms. The number of hydrogen-bond acceptors (Lipinski definition) is 3. The van der Waals surface area contributed by atoms with Gasteiger partial charge in [-0.15, -0.1) is 0 Å². The van der Waals surface area contributed by atoms with Gasteiger partial charge in [0.15, 0.2) is 0 Å². The third kappa shape index (κ3) is 3.38. The molecule has 0 radical (unpaired) electrons. The van der Waals surface area contributed by atoms with Crippen LogP contribution in [0.1, 0.15) is 20.7 Å². The fourth-order valence-corrected chi connectivity index (χ4v) is 2.00. The minimum Gasteiger partial charge on any atom is -0.507 e. The van der Waals surface area contributed by atoms with Crippen LogP contribution < -0.4 is 5.32 Å². The average Bonchev–Trinajstić information content (AvgIpc) is 2.43. The molecule has 2 aromatic carbocycles. The third-order valence-electron chi connectivity index (χ3n) is 2.67. The van der Waals surface area contributed by atoms with Gasteiger partial charge in [0, 0.05) is 11.3 Å². The number of nitrogens with one attached hydrogen (secondary N) is 1. The largest absolute Gasteiger partial charge is 0.507 e. The van der Waals surface area contributed by atoms with E-state index in [0.717, 1.165) is 12.1 Å². The van der Waals surface area contributed by atoms with E-state index in [4.69, 9.17) is 5.11 Å². The minimum absolute atomic E-state index is 0.145. The molecule has 0 unspecified atom stereocenters. The Morgan fingerprint density at radius 3 is 2.48 bits per heavy atom. The molecular weight excluding hydrogens is 345 g/mol. The second-order valence-electron chi connectivity index (χ2n) is 4.12. The van der Waals surface area contributed by atoms with Gasteiger partial charge in [0.05, 0.1) is 4.47 Å². The molecule has 108 valence electrons.